The van der Waals surface area contributed by atoms with Gasteiger partial charge in [-0.2, -0.15) is 0 Å². The second-order valence-corrected chi connectivity index (χ2v) is 11.9. The molecule has 0 saturated carbocycles. The molecule has 0 aromatic heterocycles. The number of anilines is 1. The monoisotopic (exact) mass is 597 g/mol. The highest BCUT2D eigenvalue weighted by atomic mass is 32.2. The van der Waals surface area contributed by atoms with Crippen LogP contribution in [0, 0.1) is 5.92 Å². The Hall–Kier alpha value is -4.25. The molecule has 0 radical (unpaired) electrons. The lowest BCUT2D eigenvalue weighted by atomic mass is 10.1. The van der Waals surface area contributed by atoms with Crippen molar-refractivity contribution >= 4 is 27.5 Å². The third kappa shape index (κ3) is 7.94. The normalized spacial score (nSPS) is 11.9. The van der Waals surface area contributed by atoms with Gasteiger partial charge < -0.3 is 24.4 Å². The molecule has 42 heavy (non-hydrogen) atoms. The van der Waals surface area contributed by atoms with Crippen molar-refractivity contribution in [3.63, 3.8) is 0 Å². The van der Waals surface area contributed by atoms with Crippen LogP contribution in [-0.4, -0.2) is 65.6 Å². The average molecular weight is 598 g/mol. The summed E-state index contributed by atoms with van der Waals surface area (Å²) in [5.41, 5.74) is 1.05. The molecule has 0 aliphatic carbocycles. The second-order valence-electron chi connectivity index (χ2n) is 10.0. The number of rotatable bonds is 14. The minimum atomic E-state index is -4.26. The summed E-state index contributed by atoms with van der Waals surface area (Å²) in [6.07, 6.45) is 0. The van der Waals surface area contributed by atoms with E-state index in [0.717, 1.165) is 9.87 Å². The van der Waals surface area contributed by atoms with Crippen molar-refractivity contribution in [1.29, 1.82) is 0 Å². The Bertz CT molecular complexity index is 1450. The van der Waals surface area contributed by atoms with Gasteiger partial charge in [0, 0.05) is 19.2 Å². The summed E-state index contributed by atoms with van der Waals surface area (Å²) in [5, 5.41) is 2.88. The van der Waals surface area contributed by atoms with Crippen molar-refractivity contribution in [3.05, 3.63) is 78.4 Å². The number of hydrogen-bond donors (Lipinski definition) is 1. The fourth-order valence-corrected chi connectivity index (χ4v) is 5.62. The zero-order valence-corrected chi connectivity index (χ0v) is 25.7. The van der Waals surface area contributed by atoms with Crippen LogP contribution in [0.2, 0.25) is 0 Å². The quantitative estimate of drug-likeness (QED) is 0.298. The van der Waals surface area contributed by atoms with E-state index in [4.69, 9.17) is 14.2 Å². The summed E-state index contributed by atoms with van der Waals surface area (Å²) in [5.74, 6) is 0.577. The summed E-state index contributed by atoms with van der Waals surface area (Å²) in [6.45, 7) is 5.56. The van der Waals surface area contributed by atoms with Crippen LogP contribution in [0.3, 0.4) is 0 Å². The average Bonchev–Trinajstić information content (AvgIpc) is 3.00. The summed E-state index contributed by atoms with van der Waals surface area (Å²) < 4.78 is 44.9. The molecule has 0 aliphatic rings. The van der Waals surface area contributed by atoms with Crippen LogP contribution in [0.15, 0.2) is 77.7 Å². The predicted molar refractivity (Wildman–Crippen MR) is 161 cm³/mol. The standard InChI is InChI=1S/C31H39N3O7S/c1-22(2)19-32-31(36)23(3)33(20-24-12-14-26(39-4)15-13-24)30(35)21-34(25-10-8-7-9-11-25)42(37,38)27-16-17-28(40-5)29(18-27)41-6/h7-18,22-23H,19-21H2,1-6H3,(H,32,36). The first-order valence-corrected chi connectivity index (χ1v) is 15.0. The molecule has 1 atom stereocenters. The maximum absolute atomic E-state index is 14.0. The van der Waals surface area contributed by atoms with Crippen LogP contribution in [0.25, 0.3) is 0 Å². The molecule has 0 fully saturated rings. The lowest BCUT2D eigenvalue weighted by molar-refractivity contribution is -0.139. The van der Waals surface area contributed by atoms with Gasteiger partial charge in [0.05, 0.1) is 31.9 Å². The van der Waals surface area contributed by atoms with Crippen LogP contribution in [0.4, 0.5) is 5.69 Å². The Morgan fingerprint density at radius 3 is 2.05 bits per heavy atom. The molecule has 3 aromatic carbocycles. The van der Waals surface area contributed by atoms with Gasteiger partial charge >= 0.3 is 0 Å². The van der Waals surface area contributed by atoms with Gasteiger partial charge in [0.2, 0.25) is 11.8 Å². The number of carbonyl (C=O) groups is 2. The number of para-hydroxylation sites is 1. The molecule has 1 N–H and O–H groups in total. The van der Waals surface area contributed by atoms with Crippen LogP contribution in [0.1, 0.15) is 26.3 Å². The highest BCUT2D eigenvalue weighted by Gasteiger charge is 2.33. The molecule has 0 aliphatic heterocycles. The number of nitrogens with one attached hydrogen (secondary N) is 1. The van der Waals surface area contributed by atoms with Crippen LogP contribution in [-0.2, 0) is 26.2 Å². The minimum Gasteiger partial charge on any atom is -0.497 e. The number of carbonyl (C=O) groups excluding carboxylic acids is 2. The van der Waals surface area contributed by atoms with Gasteiger partial charge in [0.1, 0.15) is 18.3 Å². The Morgan fingerprint density at radius 2 is 1.48 bits per heavy atom. The number of hydrogen-bond acceptors (Lipinski definition) is 7. The smallest absolute Gasteiger partial charge is 0.264 e. The van der Waals surface area contributed by atoms with Gasteiger partial charge in [-0.15, -0.1) is 0 Å². The number of benzene rings is 3. The minimum absolute atomic E-state index is 0.0815. The number of nitrogens with zero attached hydrogens (tertiary/aromatic N) is 2. The lowest BCUT2D eigenvalue weighted by Gasteiger charge is -2.32. The third-order valence-corrected chi connectivity index (χ3v) is 8.40. The van der Waals surface area contributed by atoms with Gasteiger partial charge in [-0.25, -0.2) is 8.42 Å². The van der Waals surface area contributed by atoms with Crippen molar-refractivity contribution < 1.29 is 32.2 Å². The first-order chi connectivity index (χ1) is 20.0. The van der Waals surface area contributed by atoms with E-state index in [1.54, 1.807) is 68.6 Å². The molecule has 0 bridgehead atoms. The van der Waals surface area contributed by atoms with Gasteiger partial charge in [0.25, 0.3) is 10.0 Å². The third-order valence-electron chi connectivity index (χ3n) is 6.63. The Balaban J connectivity index is 2.02. The largest absolute Gasteiger partial charge is 0.497 e. The number of sulfonamides is 1. The second kappa shape index (κ2) is 14.6. The Morgan fingerprint density at radius 1 is 0.833 bits per heavy atom. The van der Waals surface area contributed by atoms with Crippen LogP contribution < -0.4 is 23.8 Å². The summed E-state index contributed by atoms with van der Waals surface area (Å²) >= 11 is 0. The van der Waals surface area contributed by atoms with E-state index in [9.17, 15) is 18.0 Å². The fourth-order valence-electron chi connectivity index (χ4n) is 4.19. The summed E-state index contributed by atoms with van der Waals surface area (Å²) in [6, 6.07) is 18.8. The van der Waals surface area contributed by atoms with Crippen molar-refractivity contribution in [2.75, 3.05) is 38.7 Å². The summed E-state index contributed by atoms with van der Waals surface area (Å²) in [7, 11) is 0.170. The zero-order valence-electron chi connectivity index (χ0n) is 24.9. The topological polar surface area (TPSA) is 114 Å². The van der Waals surface area contributed by atoms with Gasteiger partial charge in [-0.3, -0.25) is 13.9 Å². The fraction of sp³-hybridized carbons (Fsp3) is 0.355. The van der Waals surface area contributed by atoms with E-state index < -0.39 is 28.5 Å². The molecule has 3 rings (SSSR count). The molecule has 226 valence electrons. The highest BCUT2D eigenvalue weighted by Crippen LogP contribution is 2.32. The maximum atomic E-state index is 14.0. The van der Waals surface area contributed by atoms with Crippen molar-refractivity contribution in [2.24, 2.45) is 5.92 Å². The van der Waals surface area contributed by atoms with Gasteiger partial charge in [0.15, 0.2) is 11.5 Å². The Kier molecular flexibility index (Phi) is 11.2. The van der Waals surface area contributed by atoms with Gasteiger partial charge in [-0.1, -0.05) is 44.2 Å². The molecule has 3 aromatic rings. The first-order valence-electron chi connectivity index (χ1n) is 13.5. The number of methoxy groups -OCH3 is 3. The van der Waals surface area contributed by atoms with Crippen LogP contribution in [0.5, 0.6) is 17.2 Å². The molecule has 1 unspecified atom stereocenters. The van der Waals surface area contributed by atoms with Crippen molar-refractivity contribution in [3.8, 4) is 17.2 Å². The molecule has 0 heterocycles. The summed E-state index contributed by atoms with van der Waals surface area (Å²) in [4.78, 5) is 28.4. The molecule has 0 spiro atoms. The SMILES string of the molecule is COc1ccc(CN(C(=O)CN(c2ccccc2)S(=O)(=O)c2ccc(OC)c(OC)c2)C(C)C(=O)NCC(C)C)cc1. The number of ether oxygens (including phenoxy) is 3. The van der Waals surface area contributed by atoms with Gasteiger partial charge in [-0.05, 0) is 54.8 Å². The lowest BCUT2D eigenvalue weighted by Crippen LogP contribution is -2.51. The molecular weight excluding hydrogens is 558 g/mol. The molecule has 10 nitrogen and oxygen atoms in total. The van der Waals surface area contributed by atoms with E-state index in [-0.39, 0.29) is 29.0 Å². The van der Waals surface area contributed by atoms with E-state index in [1.807, 2.05) is 13.8 Å². The maximum Gasteiger partial charge on any atom is 0.264 e. The molecule has 11 heteroatoms. The van der Waals surface area contributed by atoms with E-state index >= 15 is 0 Å². The molecular formula is C31H39N3O7S. The van der Waals surface area contributed by atoms with E-state index in [2.05, 4.69) is 5.32 Å². The molecule has 2 amide bonds. The number of amides is 2. The first kappa shape index (κ1) is 32.3. The molecule has 0 saturated heterocycles. The van der Waals surface area contributed by atoms with E-state index in [1.165, 1.54) is 37.3 Å². The zero-order chi connectivity index (χ0) is 30.9. The highest BCUT2D eigenvalue weighted by molar-refractivity contribution is 7.92. The van der Waals surface area contributed by atoms with E-state index in [0.29, 0.717) is 23.7 Å². The Labute approximate surface area is 248 Å². The van der Waals surface area contributed by atoms with Crippen molar-refractivity contribution in [1.82, 2.24) is 10.2 Å². The predicted octanol–water partition coefficient (Wildman–Crippen LogP) is 4.10. The van der Waals surface area contributed by atoms with Crippen LogP contribution >= 0.6 is 0 Å². The van der Waals surface area contributed by atoms with Crippen molar-refractivity contribution in [2.45, 2.75) is 38.3 Å².